The molecule has 1 aliphatic rings. The first kappa shape index (κ1) is 12.6. The Morgan fingerprint density at radius 2 is 2.04 bits per heavy atom. The molecule has 0 amide bonds. The molecule has 114 valence electrons. The van der Waals surface area contributed by atoms with E-state index in [0.717, 1.165) is 33.8 Å². The van der Waals surface area contributed by atoms with Crippen LogP contribution in [-0.2, 0) is 0 Å². The highest BCUT2D eigenvalue weighted by Crippen LogP contribution is 2.38. The number of hydrogen-bond donors (Lipinski definition) is 1. The lowest BCUT2D eigenvalue weighted by Crippen LogP contribution is -2.00. The third kappa shape index (κ3) is 1.82. The second-order valence-corrected chi connectivity index (χ2v) is 5.98. The molecule has 7 heteroatoms. The van der Waals surface area contributed by atoms with Crippen LogP contribution in [-0.4, -0.2) is 29.1 Å². The molecular formula is C16H15N7. The lowest BCUT2D eigenvalue weighted by atomic mass is 10.2. The highest BCUT2D eigenvalue weighted by molar-refractivity contribution is 5.82. The lowest BCUT2D eigenvalue weighted by molar-refractivity contribution is 0.727. The largest absolute Gasteiger partial charge is 0.367 e. The maximum Gasteiger partial charge on any atom is 0.238 e. The van der Waals surface area contributed by atoms with Gasteiger partial charge >= 0.3 is 0 Å². The second-order valence-electron chi connectivity index (χ2n) is 5.98. The van der Waals surface area contributed by atoms with Crippen molar-refractivity contribution in [3.63, 3.8) is 0 Å². The summed E-state index contributed by atoms with van der Waals surface area (Å²) in [5.41, 5.74) is 10.3. The van der Waals surface area contributed by atoms with E-state index in [0.29, 0.717) is 6.04 Å². The smallest absolute Gasteiger partial charge is 0.238 e. The SMILES string of the molecule is Cc1nc2ccc(-c3ccn4nc(N)ncc34)nc2n1C1CC1. The monoisotopic (exact) mass is 305 g/mol. The number of aryl methyl sites for hydroxylation is 1. The highest BCUT2D eigenvalue weighted by atomic mass is 15.3. The summed E-state index contributed by atoms with van der Waals surface area (Å²) in [4.78, 5) is 13.6. The molecule has 1 aliphatic carbocycles. The summed E-state index contributed by atoms with van der Waals surface area (Å²) in [5.74, 6) is 1.29. The lowest BCUT2D eigenvalue weighted by Gasteiger charge is -2.05. The topological polar surface area (TPSA) is 86.9 Å². The zero-order valence-corrected chi connectivity index (χ0v) is 12.6. The average molecular weight is 305 g/mol. The molecule has 0 atom stereocenters. The molecule has 1 fully saturated rings. The van der Waals surface area contributed by atoms with Gasteiger partial charge in [0.1, 0.15) is 11.3 Å². The Morgan fingerprint density at radius 1 is 1.17 bits per heavy atom. The molecule has 23 heavy (non-hydrogen) atoms. The van der Waals surface area contributed by atoms with Crippen molar-refractivity contribution in [3.8, 4) is 11.3 Å². The van der Waals surface area contributed by atoms with Crippen LogP contribution in [0.15, 0.2) is 30.6 Å². The van der Waals surface area contributed by atoms with Crippen molar-refractivity contribution in [2.45, 2.75) is 25.8 Å². The van der Waals surface area contributed by atoms with Crippen molar-refractivity contribution < 1.29 is 0 Å². The molecule has 0 spiro atoms. The van der Waals surface area contributed by atoms with Crippen molar-refractivity contribution in [1.82, 2.24) is 29.1 Å². The number of imidazole rings is 1. The number of nitrogens with two attached hydrogens (primary N) is 1. The van der Waals surface area contributed by atoms with Crippen LogP contribution < -0.4 is 5.73 Å². The molecule has 1 saturated carbocycles. The van der Waals surface area contributed by atoms with E-state index in [-0.39, 0.29) is 5.95 Å². The minimum absolute atomic E-state index is 0.255. The molecule has 2 N–H and O–H groups in total. The molecule has 0 aliphatic heterocycles. The van der Waals surface area contributed by atoms with Gasteiger partial charge in [0.15, 0.2) is 5.65 Å². The number of hydrogen-bond acceptors (Lipinski definition) is 5. The van der Waals surface area contributed by atoms with Gasteiger partial charge in [-0.05, 0) is 38.0 Å². The van der Waals surface area contributed by atoms with E-state index < -0.39 is 0 Å². The Morgan fingerprint density at radius 3 is 2.87 bits per heavy atom. The number of nitrogen functional groups attached to an aromatic ring is 1. The molecule has 4 aromatic rings. The Hall–Kier alpha value is -2.96. The van der Waals surface area contributed by atoms with Gasteiger partial charge in [-0.25, -0.2) is 19.5 Å². The van der Waals surface area contributed by atoms with Crippen LogP contribution in [0.5, 0.6) is 0 Å². The number of aromatic nitrogens is 6. The van der Waals surface area contributed by atoms with E-state index in [1.807, 2.05) is 31.3 Å². The number of nitrogens with zero attached hydrogens (tertiary/aromatic N) is 6. The molecule has 0 unspecified atom stereocenters. The van der Waals surface area contributed by atoms with Crippen LogP contribution in [0.2, 0.25) is 0 Å². The van der Waals surface area contributed by atoms with E-state index in [1.165, 1.54) is 12.8 Å². The van der Waals surface area contributed by atoms with E-state index in [4.69, 9.17) is 10.7 Å². The quantitative estimate of drug-likeness (QED) is 0.614. The van der Waals surface area contributed by atoms with Crippen molar-refractivity contribution in [1.29, 1.82) is 0 Å². The van der Waals surface area contributed by atoms with Crippen molar-refractivity contribution >= 4 is 22.6 Å². The predicted molar refractivity (Wildman–Crippen MR) is 86.9 cm³/mol. The Labute approximate surface area is 131 Å². The fourth-order valence-corrected chi connectivity index (χ4v) is 3.14. The zero-order valence-electron chi connectivity index (χ0n) is 12.6. The normalized spacial score (nSPS) is 14.8. The Balaban J connectivity index is 1.74. The first-order chi connectivity index (χ1) is 11.2. The van der Waals surface area contributed by atoms with Gasteiger partial charge in [0.05, 0.1) is 17.4 Å². The van der Waals surface area contributed by atoms with Gasteiger partial charge in [0, 0.05) is 17.8 Å². The summed E-state index contributed by atoms with van der Waals surface area (Å²) in [5, 5.41) is 4.18. The van der Waals surface area contributed by atoms with E-state index in [2.05, 4.69) is 19.6 Å². The highest BCUT2D eigenvalue weighted by Gasteiger charge is 2.27. The van der Waals surface area contributed by atoms with E-state index in [1.54, 1.807) is 10.7 Å². The molecule has 0 radical (unpaired) electrons. The summed E-state index contributed by atoms with van der Waals surface area (Å²) in [6.45, 7) is 2.05. The van der Waals surface area contributed by atoms with Crippen LogP contribution in [0.25, 0.3) is 27.9 Å². The minimum Gasteiger partial charge on any atom is -0.367 e. The maximum absolute atomic E-state index is 5.64. The minimum atomic E-state index is 0.255. The molecular weight excluding hydrogens is 290 g/mol. The van der Waals surface area contributed by atoms with Gasteiger partial charge in [-0.2, -0.15) is 0 Å². The van der Waals surface area contributed by atoms with Gasteiger partial charge < -0.3 is 10.3 Å². The standard InChI is InChI=1S/C16H15N7/c1-9-19-13-5-4-12(20-15(13)23(9)10-2-3-10)11-6-7-22-14(11)8-18-16(17)21-22/h4-8,10H,2-3H2,1H3,(H2,17,21). The van der Waals surface area contributed by atoms with Crippen LogP contribution in [0.4, 0.5) is 5.95 Å². The van der Waals surface area contributed by atoms with Gasteiger partial charge in [-0.1, -0.05) is 0 Å². The summed E-state index contributed by atoms with van der Waals surface area (Å²) < 4.78 is 3.98. The van der Waals surface area contributed by atoms with Crippen LogP contribution in [0, 0.1) is 6.92 Å². The summed E-state index contributed by atoms with van der Waals surface area (Å²) in [6.07, 6.45) is 6.02. The summed E-state index contributed by atoms with van der Waals surface area (Å²) in [7, 11) is 0. The number of pyridine rings is 1. The zero-order chi connectivity index (χ0) is 15.6. The number of anilines is 1. The fourth-order valence-electron chi connectivity index (χ4n) is 3.14. The molecule has 0 saturated heterocycles. The molecule has 0 bridgehead atoms. The second kappa shape index (κ2) is 4.28. The van der Waals surface area contributed by atoms with Crippen LogP contribution >= 0.6 is 0 Å². The Bertz CT molecular complexity index is 1060. The number of fused-ring (bicyclic) bond motifs is 2. The maximum atomic E-state index is 5.64. The summed E-state index contributed by atoms with van der Waals surface area (Å²) in [6, 6.07) is 6.57. The number of rotatable bonds is 2. The Kier molecular flexibility index (Phi) is 2.34. The first-order valence-corrected chi connectivity index (χ1v) is 7.66. The van der Waals surface area contributed by atoms with E-state index >= 15 is 0 Å². The van der Waals surface area contributed by atoms with E-state index in [9.17, 15) is 0 Å². The molecule has 4 heterocycles. The molecule has 4 aromatic heterocycles. The predicted octanol–water partition coefficient (Wildman–Crippen LogP) is 2.37. The van der Waals surface area contributed by atoms with Gasteiger partial charge in [0.2, 0.25) is 5.95 Å². The van der Waals surface area contributed by atoms with Crippen molar-refractivity contribution in [2.24, 2.45) is 0 Å². The van der Waals surface area contributed by atoms with Crippen molar-refractivity contribution in [3.05, 3.63) is 36.4 Å². The van der Waals surface area contributed by atoms with Gasteiger partial charge in [0.25, 0.3) is 0 Å². The van der Waals surface area contributed by atoms with Gasteiger partial charge in [-0.15, -0.1) is 5.10 Å². The molecule has 7 nitrogen and oxygen atoms in total. The molecule has 5 rings (SSSR count). The first-order valence-electron chi connectivity index (χ1n) is 7.66. The average Bonchev–Trinajstić information content (AvgIpc) is 3.19. The third-order valence-corrected chi connectivity index (χ3v) is 4.34. The van der Waals surface area contributed by atoms with Gasteiger partial charge in [-0.3, -0.25) is 0 Å². The summed E-state index contributed by atoms with van der Waals surface area (Å²) >= 11 is 0. The fraction of sp³-hybridized carbons (Fsp3) is 0.250. The molecule has 0 aromatic carbocycles. The van der Waals surface area contributed by atoms with Crippen LogP contribution in [0.1, 0.15) is 24.7 Å². The third-order valence-electron chi connectivity index (χ3n) is 4.34. The van der Waals surface area contributed by atoms with Crippen molar-refractivity contribution in [2.75, 3.05) is 5.73 Å². The van der Waals surface area contributed by atoms with Crippen LogP contribution in [0.3, 0.4) is 0 Å².